The van der Waals surface area contributed by atoms with E-state index in [0.717, 1.165) is 21.3 Å². The second-order valence-corrected chi connectivity index (χ2v) is 9.51. The van der Waals surface area contributed by atoms with Crippen LogP contribution in [-0.4, -0.2) is 55.7 Å². The highest BCUT2D eigenvalue weighted by Crippen LogP contribution is 2.23. The molecule has 5 rings (SSSR count). The van der Waals surface area contributed by atoms with Gasteiger partial charge in [-0.2, -0.15) is 4.98 Å². The van der Waals surface area contributed by atoms with Crippen molar-refractivity contribution in [2.24, 2.45) is 14.1 Å². The van der Waals surface area contributed by atoms with Crippen LogP contribution in [0.5, 0.6) is 0 Å². The summed E-state index contributed by atoms with van der Waals surface area (Å²) in [7, 11) is 3.12. The number of nitrogens with zero attached hydrogens (tertiary/aromatic N) is 6. The van der Waals surface area contributed by atoms with E-state index >= 15 is 0 Å². The Kier molecular flexibility index (Phi) is 5.99. The smallest absolute Gasteiger partial charge is 0.332 e. The summed E-state index contributed by atoms with van der Waals surface area (Å²) in [6.07, 6.45) is 0. The zero-order chi connectivity index (χ0) is 25.6. The van der Waals surface area contributed by atoms with E-state index in [1.54, 1.807) is 7.05 Å². The molecule has 1 aliphatic rings. The number of rotatable bonds is 4. The van der Waals surface area contributed by atoms with E-state index in [2.05, 4.69) is 4.90 Å². The van der Waals surface area contributed by atoms with Crippen LogP contribution in [0.1, 0.15) is 27.0 Å². The van der Waals surface area contributed by atoms with Gasteiger partial charge in [0.15, 0.2) is 11.2 Å². The maximum Gasteiger partial charge on any atom is 0.332 e. The van der Waals surface area contributed by atoms with Gasteiger partial charge in [-0.1, -0.05) is 47.5 Å². The number of imidazole rings is 1. The number of anilines is 1. The van der Waals surface area contributed by atoms with Crippen molar-refractivity contribution in [1.82, 2.24) is 23.6 Å². The maximum atomic E-state index is 13.2. The van der Waals surface area contributed by atoms with Crippen LogP contribution in [0.3, 0.4) is 0 Å². The van der Waals surface area contributed by atoms with Gasteiger partial charge in [0.2, 0.25) is 5.95 Å². The molecule has 9 heteroatoms. The fourth-order valence-electron chi connectivity index (χ4n) is 4.69. The predicted molar refractivity (Wildman–Crippen MR) is 140 cm³/mol. The van der Waals surface area contributed by atoms with Gasteiger partial charge in [0.25, 0.3) is 11.5 Å². The highest BCUT2D eigenvalue weighted by atomic mass is 16.2. The number of amides is 1. The lowest BCUT2D eigenvalue weighted by Gasteiger charge is -2.35. The van der Waals surface area contributed by atoms with E-state index in [-0.39, 0.29) is 11.5 Å². The van der Waals surface area contributed by atoms with Crippen LogP contribution in [-0.2, 0) is 20.6 Å². The summed E-state index contributed by atoms with van der Waals surface area (Å²) in [5.74, 6) is 0.644. The monoisotopic (exact) mass is 486 g/mol. The molecule has 0 aliphatic carbocycles. The molecule has 2 aromatic heterocycles. The highest BCUT2D eigenvalue weighted by molar-refractivity contribution is 5.94. The van der Waals surface area contributed by atoms with Crippen molar-refractivity contribution >= 4 is 23.0 Å². The number of hydrogen-bond acceptors (Lipinski definition) is 5. The lowest BCUT2D eigenvalue weighted by molar-refractivity contribution is 0.0746. The number of hydrogen-bond donors (Lipinski definition) is 0. The SMILES string of the molecule is Cc1ccc(Cn2c(N3CCN(C(=O)c4ccc(C)cc4)CC3)nc3c2c(=O)n(C)c(=O)n3C)cc1. The molecule has 9 nitrogen and oxygen atoms in total. The van der Waals surface area contributed by atoms with Gasteiger partial charge in [0, 0.05) is 45.8 Å². The standard InChI is InChI=1S/C27H30N6O3/c1-18-5-9-20(10-6-18)17-33-22-23(29(3)27(36)30(4)25(22)35)28-26(33)32-15-13-31(14-16-32)24(34)21-11-7-19(2)8-12-21/h5-12H,13-17H2,1-4H3. The van der Waals surface area contributed by atoms with Gasteiger partial charge >= 0.3 is 5.69 Å². The number of piperazine rings is 1. The number of fused-ring (bicyclic) bond motifs is 1. The molecular weight excluding hydrogens is 456 g/mol. The molecule has 1 fully saturated rings. The maximum absolute atomic E-state index is 13.2. The third-order valence-corrected chi connectivity index (χ3v) is 6.94. The van der Waals surface area contributed by atoms with E-state index in [1.165, 1.54) is 11.6 Å². The van der Waals surface area contributed by atoms with Crippen LogP contribution in [0, 0.1) is 13.8 Å². The molecule has 1 aliphatic heterocycles. The van der Waals surface area contributed by atoms with Gasteiger partial charge < -0.3 is 9.80 Å². The zero-order valence-corrected chi connectivity index (χ0v) is 21.1. The zero-order valence-electron chi connectivity index (χ0n) is 21.1. The highest BCUT2D eigenvalue weighted by Gasteiger charge is 2.27. The lowest BCUT2D eigenvalue weighted by Crippen LogP contribution is -2.49. The second-order valence-electron chi connectivity index (χ2n) is 9.51. The Labute approximate surface area is 208 Å². The fourth-order valence-corrected chi connectivity index (χ4v) is 4.69. The summed E-state index contributed by atoms with van der Waals surface area (Å²) < 4.78 is 4.44. The average molecular weight is 487 g/mol. The molecule has 36 heavy (non-hydrogen) atoms. The summed E-state index contributed by atoms with van der Waals surface area (Å²) in [4.78, 5) is 47.5. The number of aromatic nitrogens is 4. The minimum atomic E-state index is -0.410. The predicted octanol–water partition coefficient (Wildman–Crippen LogP) is 2.06. The molecule has 0 bridgehead atoms. The van der Waals surface area contributed by atoms with Crippen LogP contribution in [0.4, 0.5) is 5.95 Å². The first-order chi connectivity index (χ1) is 17.2. The second kappa shape index (κ2) is 9.14. The summed E-state index contributed by atoms with van der Waals surface area (Å²) in [5, 5.41) is 0. The first-order valence-corrected chi connectivity index (χ1v) is 12.1. The van der Waals surface area contributed by atoms with Crippen molar-refractivity contribution < 1.29 is 4.79 Å². The summed E-state index contributed by atoms with van der Waals surface area (Å²) >= 11 is 0. The normalized spacial score (nSPS) is 14.0. The Morgan fingerprint density at radius 1 is 0.833 bits per heavy atom. The minimum absolute atomic E-state index is 0.0130. The van der Waals surface area contributed by atoms with Gasteiger partial charge in [-0.25, -0.2) is 4.79 Å². The fraction of sp³-hybridized carbons (Fsp3) is 0.333. The Morgan fingerprint density at radius 2 is 1.42 bits per heavy atom. The van der Waals surface area contributed by atoms with Crippen molar-refractivity contribution in [2.75, 3.05) is 31.1 Å². The number of carbonyl (C=O) groups is 1. The van der Waals surface area contributed by atoms with Gasteiger partial charge in [-0.15, -0.1) is 0 Å². The Morgan fingerprint density at radius 3 is 2.03 bits per heavy atom. The van der Waals surface area contributed by atoms with Gasteiger partial charge in [-0.3, -0.25) is 23.3 Å². The molecule has 0 radical (unpaired) electrons. The first-order valence-electron chi connectivity index (χ1n) is 12.1. The van der Waals surface area contributed by atoms with E-state index in [0.29, 0.717) is 55.4 Å². The molecule has 186 valence electrons. The van der Waals surface area contributed by atoms with Crippen molar-refractivity contribution in [3.63, 3.8) is 0 Å². The Bertz CT molecular complexity index is 1550. The molecule has 2 aromatic carbocycles. The number of aryl methyl sites for hydroxylation is 3. The van der Waals surface area contributed by atoms with E-state index in [4.69, 9.17) is 4.98 Å². The third-order valence-electron chi connectivity index (χ3n) is 6.94. The molecule has 0 N–H and O–H groups in total. The van der Waals surface area contributed by atoms with Gasteiger partial charge in [-0.05, 0) is 31.5 Å². The molecule has 1 amide bonds. The Balaban J connectivity index is 1.50. The third kappa shape index (κ3) is 4.10. The van der Waals surface area contributed by atoms with Gasteiger partial charge in [0.05, 0.1) is 6.54 Å². The van der Waals surface area contributed by atoms with Crippen LogP contribution >= 0.6 is 0 Å². The van der Waals surface area contributed by atoms with Crippen LogP contribution in [0.25, 0.3) is 11.2 Å². The quantitative estimate of drug-likeness (QED) is 0.441. The molecule has 1 saturated heterocycles. The van der Waals surface area contributed by atoms with Gasteiger partial charge in [0.1, 0.15) is 0 Å². The topological polar surface area (TPSA) is 85.4 Å². The number of benzene rings is 2. The summed E-state index contributed by atoms with van der Waals surface area (Å²) in [6.45, 7) is 6.70. The van der Waals surface area contributed by atoms with Crippen molar-refractivity contribution in [3.05, 3.63) is 91.6 Å². The molecule has 3 heterocycles. The van der Waals surface area contributed by atoms with Crippen LogP contribution < -0.4 is 16.1 Å². The summed E-state index contributed by atoms with van der Waals surface area (Å²) in [5.41, 5.74) is 3.97. The van der Waals surface area contributed by atoms with Crippen molar-refractivity contribution in [1.29, 1.82) is 0 Å². The molecule has 0 spiro atoms. The minimum Gasteiger partial charge on any atom is -0.339 e. The van der Waals surface area contributed by atoms with Crippen molar-refractivity contribution in [3.8, 4) is 0 Å². The molecular formula is C27H30N6O3. The Hall–Kier alpha value is -4.14. The van der Waals surface area contributed by atoms with E-state index in [1.807, 2.05) is 71.8 Å². The van der Waals surface area contributed by atoms with Crippen molar-refractivity contribution in [2.45, 2.75) is 20.4 Å². The van der Waals surface area contributed by atoms with E-state index in [9.17, 15) is 14.4 Å². The largest absolute Gasteiger partial charge is 0.339 e. The molecule has 0 atom stereocenters. The molecule has 0 saturated carbocycles. The van der Waals surface area contributed by atoms with E-state index < -0.39 is 5.69 Å². The van der Waals surface area contributed by atoms with Crippen LogP contribution in [0.2, 0.25) is 0 Å². The first kappa shape index (κ1) is 23.6. The molecule has 0 unspecified atom stereocenters. The molecule has 4 aromatic rings. The average Bonchev–Trinajstić information content (AvgIpc) is 3.27. The summed E-state index contributed by atoms with van der Waals surface area (Å²) in [6, 6.07) is 15.8. The van der Waals surface area contributed by atoms with Crippen LogP contribution in [0.15, 0.2) is 58.1 Å². The number of carbonyl (C=O) groups excluding carboxylic acids is 1. The lowest BCUT2D eigenvalue weighted by atomic mass is 10.1.